The van der Waals surface area contributed by atoms with Crippen LogP contribution in [-0.4, -0.2) is 37.7 Å². The van der Waals surface area contributed by atoms with Gasteiger partial charge in [-0.3, -0.25) is 9.52 Å². The van der Waals surface area contributed by atoms with Gasteiger partial charge in [-0.1, -0.05) is 0 Å². The number of hydrogen-bond acceptors (Lipinski definition) is 6. The van der Waals surface area contributed by atoms with Gasteiger partial charge >= 0.3 is 0 Å². The number of amides is 1. The number of aryl methyl sites for hydroxylation is 2. The first-order valence-electron chi connectivity index (χ1n) is 8.38. The van der Waals surface area contributed by atoms with Gasteiger partial charge < -0.3 is 10.1 Å². The van der Waals surface area contributed by atoms with Crippen molar-refractivity contribution in [1.29, 1.82) is 0 Å². The van der Waals surface area contributed by atoms with Crippen molar-refractivity contribution in [3.8, 4) is 5.75 Å². The van der Waals surface area contributed by atoms with Crippen LogP contribution in [0.15, 0.2) is 36.4 Å². The topological polar surface area (TPSA) is 110 Å². The lowest BCUT2D eigenvalue weighted by atomic mass is 10.1. The largest absolute Gasteiger partial charge is 0.495 e. The number of carbonyl (C=O) groups is 1. The average molecular weight is 400 g/mol. The van der Waals surface area contributed by atoms with E-state index in [0.29, 0.717) is 28.0 Å². The molecule has 2 N–H and O–H groups in total. The second kappa shape index (κ2) is 7.43. The molecule has 1 heterocycles. The predicted octanol–water partition coefficient (Wildman–Crippen LogP) is 2.88. The van der Waals surface area contributed by atoms with Crippen molar-refractivity contribution in [3.05, 3.63) is 53.3 Å². The Balaban J connectivity index is 1.89. The molecule has 3 aromatic rings. The van der Waals surface area contributed by atoms with Crippen molar-refractivity contribution in [2.75, 3.05) is 23.4 Å². The molecule has 28 heavy (non-hydrogen) atoms. The Hall–Kier alpha value is -3.20. The summed E-state index contributed by atoms with van der Waals surface area (Å²) in [6.45, 7) is 3.75. The van der Waals surface area contributed by atoms with E-state index in [1.54, 1.807) is 30.3 Å². The summed E-state index contributed by atoms with van der Waals surface area (Å²) in [5.74, 6) is -0.00681. The first kappa shape index (κ1) is 19.6. The highest BCUT2D eigenvalue weighted by atomic mass is 32.2. The lowest BCUT2D eigenvalue weighted by Gasteiger charge is -2.12. The minimum atomic E-state index is -3.50. The Labute approximate surface area is 163 Å². The van der Waals surface area contributed by atoms with Crippen molar-refractivity contribution in [2.45, 2.75) is 13.8 Å². The van der Waals surface area contributed by atoms with Crippen LogP contribution in [0.1, 0.15) is 21.7 Å². The van der Waals surface area contributed by atoms with E-state index in [2.05, 4.69) is 20.0 Å². The fourth-order valence-electron chi connectivity index (χ4n) is 2.64. The number of hydrogen-bond donors (Lipinski definition) is 2. The Morgan fingerprint density at radius 3 is 2.32 bits per heavy atom. The molecule has 1 amide bonds. The summed E-state index contributed by atoms with van der Waals surface area (Å²) < 4.78 is 30.6. The van der Waals surface area contributed by atoms with E-state index in [1.807, 2.05) is 13.8 Å². The number of ether oxygens (including phenoxy) is 1. The lowest BCUT2D eigenvalue weighted by Crippen LogP contribution is -2.14. The fraction of sp³-hybridized carbons (Fsp3) is 0.211. The van der Waals surface area contributed by atoms with Gasteiger partial charge in [-0.25, -0.2) is 18.4 Å². The summed E-state index contributed by atoms with van der Waals surface area (Å²) >= 11 is 0. The van der Waals surface area contributed by atoms with Crippen LogP contribution in [0.4, 0.5) is 11.4 Å². The third kappa shape index (κ3) is 4.37. The van der Waals surface area contributed by atoms with Crippen LogP contribution in [0, 0.1) is 13.8 Å². The van der Waals surface area contributed by atoms with Crippen molar-refractivity contribution in [2.24, 2.45) is 0 Å². The second-order valence-corrected chi connectivity index (χ2v) is 8.09. The zero-order valence-corrected chi connectivity index (χ0v) is 16.7. The molecule has 0 bridgehead atoms. The molecule has 0 aliphatic carbocycles. The molecule has 0 aliphatic heterocycles. The number of nitrogens with one attached hydrogen (secondary N) is 2. The molecule has 0 saturated heterocycles. The van der Waals surface area contributed by atoms with Crippen LogP contribution in [0.5, 0.6) is 5.75 Å². The monoisotopic (exact) mass is 400 g/mol. The zero-order chi connectivity index (χ0) is 20.5. The standard InChI is InChI=1S/C19H20N4O4S/c1-11-12(2)21-16-9-13(5-7-15(16)20-11)19(24)22-14-6-8-18(27-3)17(10-14)23-28(4,25)26/h5-10,23H,1-4H3,(H,22,24). The molecule has 3 rings (SSSR count). The van der Waals surface area contributed by atoms with E-state index in [-0.39, 0.29) is 11.6 Å². The number of sulfonamides is 1. The van der Waals surface area contributed by atoms with Crippen LogP contribution >= 0.6 is 0 Å². The Bertz CT molecular complexity index is 1180. The number of anilines is 2. The number of benzene rings is 2. The molecule has 8 nitrogen and oxygen atoms in total. The van der Waals surface area contributed by atoms with Gasteiger partial charge in [-0.05, 0) is 50.2 Å². The lowest BCUT2D eigenvalue weighted by molar-refractivity contribution is 0.102. The van der Waals surface area contributed by atoms with Crippen LogP contribution < -0.4 is 14.8 Å². The van der Waals surface area contributed by atoms with Crippen LogP contribution in [0.3, 0.4) is 0 Å². The maximum absolute atomic E-state index is 12.6. The molecule has 0 aliphatic rings. The van der Waals surface area contributed by atoms with Gasteiger partial charge in [0.2, 0.25) is 10.0 Å². The van der Waals surface area contributed by atoms with E-state index in [1.165, 1.54) is 13.2 Å². The molecule has 9 heteroatoms. The predicted molar refractivity (Wildman–Crippen MR) is 108 cm³/mol. The van der Waals surface area contributed by atoms with Gasteiger partial charge in [0.1, 0.15) is 5.75 Å². The Kier molecular flexibility index (Phi) is 5.19. The molecule has 0 saturated carbocycles. The summed E-state index contributed by atoms with van der Waals surface area (Å²) in [6.07, 6.45) is 1.04. The third-order valence-corrected chi connectivity index (χ3v) is 4.68. The zero-order valence-electron chi connectivity index (χ0n) is 15.9. The first-order chi connectivity index (χ1) is 13.2. The van der Waals surface area contributed by atoms with Crippen molar-refractivity contribution < 1.29 is 17.9 Å². The molecule has 0 unspecified atom stereocenters. The summed E-state index contributed by atoms with van der Waals surface area (Å²) in [5.41, 5.74) is 4.05. The molecule has 146 valence electrons. The third-order valence-electron chi connectivity index (χ3n) is 4.09. The quantitative estimate of drug-likeness (QED) is 0.681. The van der Waals surface area contributed by atoms with Gasteiger partial charge in [0.25, 0.3) is 5.91 Å². The van der Waals surface area contributed by atoms with Gasteiger partial charge in [0.15, 0.2) is 0 Å². The van der Waals surface area contributed by atoms with E-state index in [4.69, 9.17) is 4.74 Å². The summed E-state index contributed by atoms with van der Waals surface area (Å²) in [4.78, 5) is 21.5. The Morgan fingerprint density at radius 1 is 1.00 bits per heavy atom. The Morgan fingerprint density at radius 2 is 1.68 bits per heavy atom. The molecule has 0 atom stereocenters. The highest BCUT2D eigenvalue weighted by molar-refractivity contribution is 7.92. The normalized spacial score (nSPS) is 11.3. The number of carbonyl (C=O) groups excluding carboxylic acids is 1. The highest BCUT2D eigenvalue weighted by Crippen LogP contribution is 2.29. The molecule has 2 aromatic carbocycles. The molecule has 0 spiro atoms. The van der Waals surface area contributed by atoms with Gasteiger partial charge in [-0.2, -0.15) is 0 Å². The van der Waals surface area contributed by atoms with Gasteiger partial charge in [0.05, 0.1) is 41.5 Å². The van der Waals surface area contributed by atoms with Gasteiger partial charge in [0, 0.05) is 11.3 Å². The highest BCUT2D eigenvalue weighted by Gasteiger charge is 2.13. The molecular formula is C19H20N4O4S. The fourth-order valence-corrected chi connectivity index (χ4v) is 3.20. The molecule has 0 fully saturated rings. The van der Waals surface area contributed by atoms with Crippen LogP contribution in [0.2, 0.25) is 0 Å². The molecule has 0 radical (unpaired) electrons. The van der Waals surface area contributed by atoms with E-state index >= 15 is 0 Å². The van der Waals surface area contributed by atoms with Crippen molar-refractivity contribution in [1.82, 2.24) is 9.97 Å². The minimum absolute atomic E-state index is 0.235. The van der Waals surface area contributed by atoms with E-state index < -0.39 is 10.0 Å². The maximum Gasteiger partial charge on any atom is 0.255 e. The smallest absolute Gasteiger partial charge is 0.255 e. The summed E-state index contributed by atoms with van der Waals surface area (Å²) in [6, 6.07) is 9.77. The van der Waals surface area contributed by atoms with Gasteiger partial charge in [-0.15, -0.1) is 0 Å². The van der Waals surface area contributed by atoms with Crippen LogP contribution in [0.25, 0.3) is 11.0 Å². The minimum Gasteiger partial charge on any atom is -0.495 e. The second-order valence-electron chi connectivity index (χ2n) is 6.34. The number of rotatable bonds is 5. The van der Waals surface area contributed by atoms with E-state index in [9.17, 15) is 13.2 Å². The first-order valence-corrected chi connectivity index (χ1v) is 10.3. The summed E-state index contributed by atoms with van der Waals surface area (Å²) in [7, 11) is -2.07. The SMILES string of the molecule is COc1ccc(NC(=O)c2ccc3nc(C)c(C)nc3c2)cc1NS(C)(=O)=O. The van der Waals surface area contributed by atoms with Crippen molar-refractivity contribution in [3.63, 3.8) is 0 Å². The number of fused-ring (bicyclic) bond motifs is 1. The summed E-state index contributed by atoms with van der Waals surface area (Å²) in [5, 5.41) is 2.75. The molecular weight excluding hydrogens is 380 g/mol. The van der Waals surface area contributed by atoms with Crippen molar-refractivity contribution >= 4 is 38.3 Å². The number of nitrogens with zero attached hydrogens (tertiary/aromatic N) is 2. The van der Waals surface area contributed by atoms with E-state index in [0.717, 1.165) is 17.6 Å². The maximum atomic E-state index is 12.6. The van der Waals surface area contributed by atoms with Crippen LogP contribution in [-0.2, 0) is 10.0 Å². The molecule has 1 aromatic heterocycles. The average Bonchev–Trinajstić information content (AvgIpc) is 2.61. The number of aromatic nitrogens is 2. The number of methoxy groups -OCH3 is 1.